The SMILES string of the molecule is CCCCC/C=C/CC/C=C/C(O)C(COP(=O)([O-])OCC[N+](C)(C)C)NC(=O)CCCCCCCCCCC/C=C\C/C=C\CCCCCCC. The topological polar surface area (TPSA) is 108 Å². The van der Waals surface area contributed by atoms with E-state index < -0.39 is 26.6 Å². The number of amides is 1. The van der Waals surface area contributed by atoms with Gasteiger partial charge < -0.3 is 28.8 Å². The van der Waals surface area contributed by atoms with Crippen molar-refractivity contribution in [3.63, 3.8) is 0 Å². The third-order valence-corrected chi connectivity index (χ3v) is 9.98. The van der Waals surface area contributed by atoms with Gasteiger partial charge in [-0.2, -0.15) is 0 Å². The molecule has 1 amide bonds. The molecule has 304 valence electrons. The lowest BCUT2D eigenvalue weighted by molar-refractivity contribution is -0.870. The lowest BCUT2D eigenvalue weighted by Gasteiger charge is -2.29. The number of nitrogens with one attached hydrogen (secondary N) is 1. The van der Waals surface area contributed by atoms with Gasteiger partial charge in [0.2, 0.25) is 5.91 Å². The standard InChI is InChI=1S/C43H81N2O6P/c1-6-8-10-12-14-16-17-18-19-20-21-22-23-24-25-26-27-29-31-33-35-37-43(47)44-41(40-51-52(48,49)50-39-38-45(3,4)5)42(46)36-34-32-30-28-15-13-11-9-7-2/h15,17-18,20-21,28,34,36,41-42,46H,6-14,16,19,22-27,29-33,35,37-40H2,1-5H3,(H-,44,47,48,49)/b18-17-,21-20-,28-15+,36-34+. The van der Waals surface area contributed by atoms with Gasteiger partial charge in [0.1, 0.15) is 13.2 Å². The Labute approximate surface area is 320 Å². The molecule has 0 saturated heterocycles. The maximum Gasteiger partial charge on any atom is 0.268 e. The summed E-state index contributed by atoms with van der Waals surface area (Å²) in [5, 5.41) is 13.7. The van der Waals surface area contributed by atoms with Gasteiger partial charge in [0.15, 0.2) is 0 Å². The summed E-state index contributed by atoms with van der Waals surface area (Å²) in [6, 6.07) is -0.903. The summed E-state index contributed by atoms with van der Waals surface area (Å²) >= 11 is 0. The number of carbonyl (C=O) groups excluding carboxylic acids is 1. The third kappa shape index (κ3) is 36.8. The molecular formula is C43H81N2O6P. The van der Waals surface area contributed by atoms with Gasteiger partial charge in [-0.1, -0.05) is 146 Å². The summed E-state index contributed by atoms with van der Waals surface area (Å²) in [5.41, 5.74) is 0. The molecule has 3 unspecified atom stereocenters. The minimum Gasteiger partial charge on any atom is -0.756 e. The third-order valence-electron chi connectivity index (χ3n) is 9.01. The van der Waals surface area contributed by atoms with E-state index in [1.54, 1.807) is 6.08 Å². The van der Waals surface area contributed by atoms with Crippen LogP contribution in [0.2, 0.25) is 0 Å². The van der Waals surface area contributed by atoms with Gasteiger partial charge in [-0.3, -0.25) is 9.36 Å². The molecule has 0 saturated carbocycles. The predicted octanol–water partition coefficient (Wildman–Crippen LogP) is 10.7. The second-order valence-corrected chi connectivity index (χ2v) is 16.7. The van der Waals surface area contributed by atoms with Gasteiger partial charge in [0, 0.05) is 6.42 Å². The lowest BCUT2D eigenvalue weighted by atomic mass is 10.1. The first-order valence-corrected chi connectivity index (χ1v) is 22.5. The number of phosphoric ester groups is 1. The molecule has 0 aromatic carbocycles. The number of aliphatic hydroxyl groups excluding tert-OH is 1. The molecule has 9 heteroatoms. The van der Waals surface area contributed by atoms with Crippen molar-refractivity contribution in [2.75, 3.05) is 40.9 Å². The van der Waals surface area contributed by atoms with E-state index in [2.05, 4.69) is 55.6 Å². The number of carbonyl (C=O) groups is 1. The second-order valence-electron chi connectivity index (χ2n) is 15.3. The van der Waals surface area contributed by atoms with Gasteiger partial charge in [0.25, 0.3) is 7.82 Å². The first-order chi connectivity index (χ1) is 25.0. The van der Waals surface area contributed by atoms with Gasteiger partial charge in [-0.25, -0.2) is 0 Å². The average molecular weight is 753 g/mol. The highest BCUT2D eigenvalue weighted by molar-refractivity contribution is 7.45. The fraction of sp³-hybridized carbons (Fsp3) is 0.791. The van der Waals surface area contributed by atoms with Crippen LogP contribution in [0.3, 0.4) is 0 Å². The summed E-state index contributed by atoms with van der Waals surface area (Å²) in [6.07, 6.45) is 43.1. The van der Waals surface area contributed by atoms with Crippen LogP contribution in [0.4, 0.5) is 0 Å². The zero-order chi connectivity index (χ0) is 38.6. The number of rotatable bonds is 37. The van der Waals surface area contributed by atoms with E-state index in [4.69, 9.17) is 9.05 Å². The van der Waals surface area contributed by atoms with Crippen LogP contribution in [0.1, 0.15) is 168 Å². The molecule has 0 radical (unpaired) electrons. The normalized spacial score (nSPS) is 15.0. The van der Waals surface area contributed by atoms with Crippen LogP contribution in [0.15, 0.2) is 48.6 Å². The van der Waals surface area contributed by atoms with E-state index in [-0.39, 0.29) is 12.5 Å². The fourth-order valence-electron chi connectivity index (χ4n) is 5.61. The van der Waals surface area contributed by atoms with E-state index in [9.17, 15) is 19.4 Å². The maximum atomic E-state index is 12.8. The van der Waals surface area contributed by atoms with Crippen molar-refractivity contribution in [1.29, 1.82) is 0 Å². The van der Waals surface area contributed by atoms with E-state index in [0.717, 1.165) is 44.9 Å². The Morgan fingerprint density at radius 3 is 1.71 bits per heavy atom. The molecule has 0 aliphatic rings. The highest BCUT2D eigenvalue weighted by Crippen LogP contribution is 2.38. The van der Waals surface area contributed by atoms with Gasteiger partial charge in [-0.15, -0.1) is 0 Å². The Balaban J connectivity index is 4.33. The van der Waals surface area contributed by atoms with Crippen molar-refractivity contribution in [3.05, 3.63) is 48.6 Å². The van der Waals surface area contributed by atoms with E-state index in [0.29, 0.717) is 17.4 Å². The van der Waals surface area contributed by atoms with Crippen LogP contribution in [0.5, 0.6) is 0 Å². The number of likely N-dealkylation sites (N-methyl/N-ethyl adjacent to an activating group) is 1. The van der Waals surface area contributed by atoms with Gasteiger partial charge in [-0.05, 0) is 64.2 Å². The number of quaternary nitrogens is 1. The molecule has 8 nitrogen and oxygen atoms in total. The number of phosphoric acid groups is 1. The predicted molar refractivity (Wildman–Crippen MR) is 219 cm³/mol. The molecular weight excluding hydrogens is 671 g/mol. The van der Waals surface area contributed by atoms with Crippen molar-refractivity contribution in [2.45, 2.75) is 180 Å². The summed E-state index contributed by atoms with van der Waals surface area (Å²) in [4.78, 5) is 25.2. The van der Waals surface area contributed by atoms with Crippen LogP contribution < -0.4 is 10.2 Å². The molecule has 0 heterocycles. The molecule has 3 atom stereocenters. The summed E-state index contributed by atoms with van der Waals surface area (Å²) in [6.45, 7) is 4.54. The minimum absolute atomic E-state index is 0.00896. The molecule has 2 N–H and O–H groups in total. The van der Waals surface area contributed by atoms with Crippen molar-refractivity contribution >= 4 is 13.7 Å². The van der Waals surface area contributed by atoms with Crippen molar-refractivity contribution in [2.24, 2.45) is 0 Å². The van der Waals surface area contributed by atoms with E-state index in [1.807, 2.05) is 27.2 Å². The number of hydrogen-bond acceptors (Lipinski definition) is 6. The van der Waals surface area contributed by atoms with E-state index in [1.165, 1.54) is 103 Å². The molecule has 0 rings (SSSR count). The maximum absolute atomic E-state index is 12.8. The van der Waals surface area contributed by atoms with Crippen molar-refractivity contribution in [1.82, 2.24) is 5.32 Å². The number of allylic oxidation sites excluding steroid dienone is 7. The van der Waals surface area contributed by atoms with Gasteiger partial charge >= 0.3 is 0 Å². The average Bonchev–Trinajstić information content (AvgIpc) is 3.09. The Hall–Kier alpha value is -1.54. The second kappa shape index (κ2) is 35.2. The fourth-order valence-corrected chi connectivity index (χ4v) is 6.33. The number of hydrogen-bond donors (Lipinski definition) is 2. The number of aliphatic hydroxyl groups is 1. The Kier molecular flexibility index (Phi) is 34.1. The molecule has 0 aromatic heterocycles. The van der Waals surface area contributed by atoms with Crippen molar-refractivity contribution < 1.29 is 32.9 Å². The van der Waals surface area contributed by atoms with Gasteiger partial charge in [0.05, 0.1) is 39.9 Å². The molecule has 0 aliphatic carbocycles. The smallest absolute Gasteiger partial charge is 0.268 e. The molecule has 0 aliphatic heterocycles. The van der Waals surface area contributed by atoms with Crippen LogP contribution in [0, 0.1) is 0 Å². The van der Waals surface area contributed by atoms with Crippen LogP contribution in [0.25, 0.3) is 0 Å². The van der Waals surface area contributed by atoms with Crippen molar-refractivity contribution in [3.8, 4) is 0 Å². The molecule has 0 aromatic rings. The quantitative estimate of drug-likeness (QED) is 0.0283. The molecule has 0 spiro atoms. The summed E-state index contributed by atoms with van der Waals surface area (Å²) < 4.78 is 23.1. The molecule has 0 bridgehead atoms. The number of nitrogens with zero attached hydrogens (tertiary/aromatic N) is 1. The molecule has 0 fully saturated rings. The summed E-state index contributed by atoms with van der Waals surface area (Å²) in [7, 11) is 1.23. The minimum atomic E-state index is -4.59. The molecule has 52 heavy (non-hydrogen) atoms. The van der Waals surface area contributed by atoms with E-state index >= 15 is 0 Å². The largest absolute Gasteiger partial charge is 0.756 e. The zero-order valence-corrected chi connectivity index (χ0v) is 35.1. The monoisotopic (exact) mass is 753 g/mol. The highest BCUT2D eigenvalue weighted by atomic mass is 31.2. The summed E-state index contributed by atoms with van der Waals surface area (Å²) in [5.74, 6) is -0.217. The van der Waals surface area contributed by atoms with Crippen LogP contribution in [-0.4, -0.2) is 68.5 Å². The Morgan fingerprint density at radius 1 is 0.673 bits per heavy atom. The first kappa shape index (κ1) is 50.5. The first-order valence-electron chi connectivity index (χ1n) is 21.0. The Bertz CT molecular complexity index is 991. The highest BCUT2D eigenvalue weighted by Gasteiger charge is 2.23. The zero-order valence-electron chi connectivity index (χ0n) is 34.2. The van der Waals surface area contributed by atoms with Crippen LogP contribution >= 0.6 is 7.82 Å². The Morgan fingerprint density at radius 2 is 1.13 bits per heavy atom. The number of unbranched alkanes of at least 4 members (excludes halogenated alkanes) is 18. The van der Waals surface area contributed by atoms with Crippen LogP contribution in [-0.2, 0) is 18.4 Å². The lowest BCUT2D eigenvalue weighted by Crippen LogP contribution is -2.45.